The van der Waals surface area contributed by atoms with Crippen LogP contribution in [0.2, 0.25) is 0 Å². The van der Waals surface area contributed by atoms with Gasteiger partial charge in [0.2, 0.25) is 0 Å². The third kappa shape index (κ3) is 3.45. The molecule has 2 heterocycles. The highest BCUT2D eigenvalue weighted by atomic mass is 15.3. The molecule has 0 spiro atoms. The highest BCUT2D eigenvalue weighted by molar-refractivity contribution is 4.95. The molecule has 2 saturated heterocycles. The Labute approximate surface area is 107 Å². The Morgan fingerprint density at radius 3 is 2.12 bits per heavy atom. The van der Waals surface area contributed by atoms with Crippen molar-refractivity contribution in [1.82, 2.24) is 9.80 Å². The fourth-order valence-corrected chi connectivity index (χ4v) is 3.65. The molecule has 2 nitrogen and oxygen atoms in total. The lowest BCUT2D eigenvalue weighted by atomic mass is 10.1. The van der Waals surface area contributed by atoms with Gasteiger partial charge in [-0.3, -0.25) is 4.90 Å². The van der Waals surface area contributed by atoms with Crippen LogP contribution in [-0.2, 0) is 0 Å². The van der Waals surface area contributed by atoms with Gasteiger partial charge in [0.05, 0.1) is 0 Å². The van der Waals surface area contributed by atoms with Gasteiger partial charge in [-0.15, -0.1) is 0 Å². The molecule has 17 heavy (non-hydrogen) atoms. The van der Waals surface area contributed by atoms with Gasteiger partial charge < -0.3 is 4.90 Å². The van der Waals surface area contributed by atoms with Crippen LogP contribution in [0.3, 0.4) is 0 Å². The Morgan fingerprint density at radius 1 is 0.824 bits per heavy atom. The molecule has 0 aromatic carbocycles. The molecule has 0 saturated carbocycles. The van der Waals surface area contributed by atoms with Crippen molar-refractivity contribution in [1.29, 1.82) is 0 Å². The molecular weight excluding hydrogens is 208 g/mol. The van der Waals surface area contributed by atoms with Crippen LogP contribution in [0.1, 0.15) is 58.8 Å². The molecule has 0 aliphatic carbocycles. The van der Waals surface area contributed by atoms with E-state index in [9.17, 15) is 0 Å². The number of nitrogens with zero attached hydrogens (tertiary/aromatic N) is 2. The number of hydrogen-bond acceptors (Lipinski definition) is 2. The van der Waals surface area contributed by atoms with Crippen LogP contribution in [-0.4, -0.2) is 48.1 Å². The third-order valence-electron chi connectivity index (χ3n) is 4.52. The molecule has 0 aromatic rings. The number of unbranched alkanes of at least 4 members (excludes halogenated alkanes) is 3. The quantitative estimate of drug-likeness (QED) is 0.629. The van der Waals surface area contributed by atoms with Crippen molar-refractivity contribution in [3.8, 4) is 0 Å². The summed E-state index contributed by atoms with van der Waals surface area (Å²) < 4.78 is 0. The van der Waals surface area contributed by atoms with Gasteiger partial charge in [0.25, 0.3) is 0 Å². The SMILES string of the molecule is CCCCCCN1CC2CC[C@H](C1)N2CCC. The Balaban J connectivity index is 1.71. The second kappa shape index (κ2) is 6.75. The monoisotopic (exact) mass is 238 g/mol. The highest BCUT2D eigenvalue weighted by Crippen LogP contribution is 2.30. The van der Waals surface area contributed by atoms with Gasteiger partial charge in [-0.1, -0.05) is 33.1 Å². The lowest BCUT2D eigenvalue weighted by Gasteiger charge is -2.41. The van der Waals surface area contributed by atoms with Gasteiger partial charge in [-0.2, -0.15) is 0 Å². The van der Waals surface area contributed by atoms with E-state index in [1.165, 1.54) is 71.1 Å². The fourth-order valence-electron chi connectivity index (χ4n) is 3.65. The van der Waals surface area contributed by atoms with Crippen molar-refractivity contribution in [2.24, 2.45) is 0 Å². The first-order chi connectivity index (χ1) is 8.35. The summed E-state index contributed by atoms with van der Waals surface area (Å²) in [5.74, 6) is 0. The standard InChI is InChI=1S/C15H30N2/c1-3-5-6-7-11-16-12-14-8-9-15(13-16)17(14)10-4-2/h14-15H,3-13H2,1-2H3/t14-,15?/m1/s1. The summed E-state index contributed by atoms with van der Waals surface area (Å²) in [5.41, 5.74) is 0. The van der Waals surface area contributed by atoms with Gasteiger partial charge >= 0.3 is 0 Å². The maximum absolute atomic E-state index is 2.79. The number of likely N-dealkylation sites (tertiary alicyclic amines) is 1. The second-order valence-electron chi connectivity index (χ2n) is 5.94. The summed E-state index contributed by atoms with van der Waals surface area (Å²) in [4.78, 5) is 5.53. The molecule has 2 heteroatoms. The molecule has 2 aliphatic heterocycles. The zero-order valence-electron chi connectivity index (χ0n) is 11.8. The molecule has 0 radical (unpaired) electrons. The highest BCUT2D eigenvalue weighted by Gasteiger charge is 2.38. The molecular formula is C15H30N2. The van der Waals surface area contributed by atoms with Crippen molar-refractivity contribution < 1.29 is 0 Å². The van der Waals surface area contributed by atoms with Gasteiger partial charge in [-0.25, -0.2) is 0 Å². The number of rotatable bonds is 7. The molecule has 0 aromatic heterocycles. The molecule has 0 N–H and O–H groups in total. The maximum atomic E-state index is 2.79. The Hall–Kier alpha value is -0.0800. The number of piperazine rings is 1. The Kier molecular flexibility index (Phi) is 5.30. The lowest BCUT2D eigenvalue weighted by Crippen LogP contribution is -2.53. The van der Waals surface area contributed by atoms with E-state index in [-0.39, 0.29) is 0 Å². The van der Waals surface area contributed by atoms with E-state index in [1.807, 2.05) is 0 Å². The first-order valence-corrected chi connectivity index (χ1v) is 7.83. The first-order valence-electron chi connectivity index (χ1n) is 7.83. The van der Waals surface area contributed by atoms with Crippen LogP contribution in [0, 0.1) is 0 Å². The van der Waals surface area contributed by atoms with Crippen molar-refractivity contribution in [3.63, 3.8) is 0 Å². The average Bonchev–Trinajstić information content (AvgIpc) is 2.59. The summed E-state index contributed by atoms with van der Waals surface area (Å²) in [6, 6.07) is 1.78. The van der Waals surface area contributed by atoms with Crippen LogP contribution in [0.25, 0.3) is 0 Å². The largest absolute Gasteiger partial charge is 0.300 e. The minimum atomic E-state index is 0.889. The topological polar surface area (TPSA) is 6.48 Å². The summed E-state index contributed by atoms with van der Waals surface area (Å²) >= 11 is 0. The molecule has 2 bridgehead atoms. The Morgan fingerprint density at radius 2 is 1.53 bits per heavy atom. The van der Waals surface area contributed by atoms with E-state index in [2.05, 4.69) is 23.6 Å². The van der Waals surface area contributed by atoms with E-state index in [0.717, 1.165) is 12.1 Å². The van der Waals surface area contributed by atoms with E-state index in [4.69, 9.17) is 0 Å². The van der Waals surface area contributed by atoms with Gasteiger partial charge in [0.1, 0.15) is 0 Å². The second-order valence-corrected chi connectivity index (χ2v) is 5.94. The van der Waals surface area contributed by atoms with Crippen molar-refractivity contribution in [2.75, 3.05) is 26.2 Å². The van der Waals surface area contributed by atoms with Gasteiger partial charge in [0, 0.05) is 25.2 Å². The average molecular weight is 238 g/mol. The summed E-state index contributed by atoms with van der Waals surface area (Å²) in [6.07, 6.45) is 9.86. The van der Waals surface area contributed by atoms with Gasteiger partial charge in [0.15, 0.2) is 0 Å². The van der Waals surface area contributed by atoms with Gasteiger partial charge in [-0.05, 0) is 38.8 Å². The number of hydrogen-bond donors (Lipinski definition) is 0. The van der Waals surface area contributed by atoms with Crippen LogP contribution in [0.4, 0.5) is 0 Å². The molecule has 2 aliphatic rings. The molecule has 1 unspecified atom stereocenters. The fraction of sp³-hybridized carbons (Fsp3) is 1.00. The van der Waals surface area contributed by atoms with E-state index in [0.29, 0.717) is 0 Å². The third-order valence-corrected chi connectivity index (χ3v) is 4.52. The van der Waals surface area contributed by atoms with E-state index >= 15 is 0 Å². The maximum Gasteiger partial charge on any atom is 0.0227 e. The normalized spacial score (nSPS) is 30.0. The van der Waals surface area contributed by atoms with E-state index < -0.39 is 0 Å². The van der Waals surface area contributed by atoms with Crippen LogP contribution < -0.4 is 0 Å². The van der Waals surface area contributed by atoms with Crippen molar-refractivity contribution in [2.45, 2.75) is 70.9 Å². The summed E-state index contributed by atoms with van der Waals surface area (Å²) in [7, 11) is 0. The van der Waals surface area contributed by atoms with Crippen LogP contribution >= 0.6 is 0 Å². The molecule has 2 atom stereocenters. The molecule has 2 rings (SSSR count). The summed E-state index contributed by atoms with van der Waals surface area (Å²) in [5, 5.41) is 0. The predicted molar refractivity (Wildman–Crippen MR) is 74.4 cm³/mol. The summed E-state index contributed by atoms with van der Waals surface area (Å²) in [6.45, 7) is 10.00. The van der Waals surface area contributed by atoms with Crippen LogP contribution in [0.15, 0.2) is 0 Å². The lowest BCUT2D eigenvalue weighted by molar-refractivity contribution is 0.0661. The first kappa shape index (κ1) is 13.4. The zero-order chi connectivity index (χ0) is 12.1. The predicted octanol–water partition coefficient (Wildman–Crippen LogP) is 3.13. The molecule has 2 fully saturated rings. The zero-order valence-corrected chi connectivity index (χ0v) is 11.8. The van der Waals surface area contributed by atoms with Crippen LogP contribution in [0.5, 0.6) is 0 Å². The number of fused-ring (bicyclic) bond motifs is 2. The molecule has 100 valence electrons. The minimum absolute atomic E-state index is 0.889. The van der Waals surface area contributed by atoms with Crippen molar-refractivity contribution in [3.05, 3.63) is 0 Å². The molecule has 0 amide bonds. The Bertz CT molecular complexity index is 203. The smallest absolute Gasteiger partial charge is 0.0227 e. The minimum Gasteiger partial charge on any atom is -0.300 e. The van der Waals surface area contributed by atoms with Crippen molar-refractivity contribution >= 4 is 0 Å². The van der Waals surface area contributed by atoms with E-state index in [1.54, 1.807) is 0 Å².